The van der Waals surface area contributed by atoms with Crippen molar-refractivity contribution in [3.05, 3.63) is 38.8 Å². The van der Waals surface area contributed by atoms with Gasteiger partial charge in [-0.25, -0.2) is 9.97 Å². The second-order valence-electron chi connectivity index (χ2n) is 3.00. The lowest BCUT2D eigenvalue weighted by molar-refractivity contribution is 1.07. The fraction of sp³-hybridized carbons (Fsp3) is 0.222. The van der Waals surface area contributed by atoms with E-state index in [9.17, 15) is 4.79 Å². The first-order chi connectivity index (χ1) is 7.24. The van der Waals surface area contributed by atoms with Gasteiger partial charge in [0.1, 0.15) is 5.82 Å². The van der Waals surface area contributed by atoms with E-state index in [1.807, 2.05) is 13.1 Å². The molecule has 2 rings (SSSR count). The minimum Gasteiger partial charge on any atom is -0.365 e. The quantitative estimate of drug-likeness (QED) is 0.817. The summed E-state index contributed by atoms with van der Waals surface area (Å²) in [7, 11) is 0. The van der Waals surface area contributed by atoms with Crippen molar-refractivity contribution in [2.24, 2.45) is 0 Å². The van der Waals surface area contributed by atoms with Crippen LogP contribution in [0.4, 0.5) is 5.82 Å². The van der Waals surface area contributed by atoms with Gasteiger partial charge in [-0.2, -0.15) is 0 Å². The molecule has 0 spiro atoms. The van der Waals surface area contributed by atoms with E-state index in [-0.39, 0.29) is 5.56 Å². The molecule has 0 aliphatic carbocycles. The van der Waals surface area contributed by atoms with E-state index in [0.717, 1.165) is 9.88 Å². The Kier molecular flexibility index (Phi) is 2.77. The summed E-state index contributed by atoms with van der Waals surface area (Å²) in [5.74, 6) is 0.574. The summed E-state index contributed by atoms with van der Waals surface area (Å²) in [6.45, 7) is 2.60. The maximum absolute atomic E-state index is 11.0. The summed E-state index contributed by atoms with van der Waals surface area (Å²) in [5.41, 5.74) is -0.159. The fourth-order valence-electron chi connectivity index (χ4n) is 1.13. The third-order valence-corrected chi connectivity index (χ3v) is 2.70. The Morgan fingerprint density at radius 2 is 2.40 bits per heavy atom. The summed E-state index contributed by atoms with van der Waals surface area (Å²) in [5, 5.41) is 4.09. The van der Waals surface area contributed by atoms with Crippen molar-refractivity contribution in [2.75, 3.05) is 5.32 Å². The van der Waals surface area contributed by atoms with Crippen molar-refractivity contribution < 1.29 is 0 Å². The van der Waals surface area contributed by atoms with Crippen LogP contribution in [0, 0.1) is 6.92 Å². The van der Waals surface area contributed by atoms with Gasteiger partial charge in [0.2, 0.25) is 0 Å². The van der Waals surface area contributed by atoms with Gasteiger partial charge in [-0.05, 0) is 6.92 Å². The number of H-pyrrole nitrogens is 1. The third-order valence-electron chi connectivity index (χ3n) is 1.79. The van der Waals surface area contributed by atoms with E-state index in [2.05, 4.69) is 20.3 Å². The zero-order chi connectivity index (χ0) is 10.7. The lowest BCUT2D eigenvalue weighted by Gasteiger charge is -2.01. The van der Waals surface area contributed by atoms with Crippen LogP contribution in [0.2, 0.25) is 0 Å². The van der Waals surface area contributed by atoms with Crippen LogP contribution in [-0.2, 0) is 6.54 Å². The SMILES string of the molecule is Cc1ncc(CNc2cc(=O)[nH]cn2)s1. The summed E-state index contributed by atoms with van der Waals surface area (Å²) < 4.78 is 0. The molecular formula is C9H10N4OS. The van der Waals surface area contributed by atoms with Crippen LogP contribution in [0.5, 0.6) is 0 Å². The number of nitrogens with zero attached hydrogens (tertiary/aromatic N) is 2. The molecule has 0 radical (unpaired) electrons. The summed E-state index contributed by atoms with van der Waals surface area (Å²) in [6, 6.07) is 1.42. The molecule has 0 atom stereocenters. The molecule has 6 heteroatoms. The van der Waals surface area contributed by atoms with Crippen molar-refractivity contribution in [3.63, 3.8) is 0 Å². The number of hydrogen-bond donors (Lipinski definition) is 2. The number of aromatic amines is 1. The van der Waals surface area contributed by atoms with Crippen molar-refractivity contribution >= 4 is 17.2 Å². The Morgan fingerprint density at radius 3 is 3.07 bits per heavy atom. The summed E-state index contributed by atoms with van der Waals surface area (Å²) >= 11 is 1.62. The van der Waals surface area contributed by atoms with Gasteiger partial charge in [-0.3, -0.25) is 4.79 Å². The number of aryl methyl sites for hydroxylation is 1. The number of aromatic nitrogens is 3. The Hall–Kier alpha value is -1.69. The molecule has 2 aromatic rings. The van der Waals surface area contributed by atoms with Crippen molar-refractivity contribution in [1.82, 2.24) is 15.0 Å². The van der Waals surface area contributed by atoms with Gasteiger partial charge >= 0.3 is 0 Å². The highest BCUT2D eigenvalue weighted by Crippen LogP contribution is 2.12. The first-order valence-electron chi connectivity index (χ1n) is 4.44. The van der Waals surface area contributed by atoms with Crippen molar-refractivity contribution in [2.45, 2.75) is 13.5 Å². The lowest BCUT2D eigenvalue weighted by atomic mass is 10.5. The molecule has 0 aliphatic rings. The highest BCUT2D eigenvalue weighted by atomic mass is 32.1. The van der Waals surface area contributed by atoms with Crippen LogP contribution in [-0.4, -0.2) is 15.0 Å². The molecule has 0 fully saturated rings. The monoisotopic (exact) mass is 222 g/mol. The maximum Gasteiger partial charge on any atom is 0.252 e. The van der Waals surface area contributed by atoms with Gasteiger partial charge in [-0.1, -0.05) is 0 Å². The first-order valence-corrected chi connectivity index (χ1v) is 5.25. The maximum atomic E-state index is 11.0. The number of rotatable bonds is 3. The zero-order valence-electron chi connectivity index (χ0n) is 8.15. The first kappa shape index (κ1) is 9.85. The van der Waals surface area contributed by atoms with E-state index < -0.39 is 0 Å². The predicted octanol–water partition coefficient (Wildman–Crippen LogP) is 1.15. The highest BCUT2D eigenvalue weighted by molar-refractivity contribution is 7.11. The predicted molar refractivity (Wildman–Crippen MR) is 59.0 cm³/mol. The normalized spacial score (nSPS) is 10.2. The molecule has 0 aliphatic heterocycles. The largest absolute Gasteiger partial charge is 0.365 e. The van der Waals surface area contributed by atoms with Gasteiger partial charge in [0.05, 0.1) is 17.9 Å². The van der Waals surface area contributed by atoms with Crippen LogP contribution in [0.1, 0.15) is 9.88 Å². The van der Waals surface area contributed by atoms with Crippen LogP contribution < -0.4 is 10.9 Å². The van der Waals surface area contributed by atoms with Gasteiger partial charge in [0.25, 0.3) is 5.56 Å². The molecule has 0 aromatic carbocycles. The number of thiazole rings is 1. The van der Waals surface area contributed by atoms with E-state index in [4.69, 9.17) is 0 Å². The smallest absolute Gasteiger partial charge is 0.252 e. The third kappa shape index (κ3) is 2.63. The zero-order valence-corrected chi connectivity index (χ0v) is 8.97. The van der Waals surface area contributed by atoms with Gasteiger partial charge < -0.3 is 10.3 Å². The van der Waals surface area contributed by atoms with Crippen molar-refractivity contribution in [1.29, 1.82) is 0 Å². The molecule has 15 heavy (non-hydrogen) atoms. The molecule has 0 amide bonds. The van der Waals surface area contributed by atoms with Crippen LogP contribution in [0.15, 0.2) is 23.4 Å². The standard InChI is InChI=1S/C9H10N4OS/c1-6-10-3-7(15-6)4-11-8-2-9(14)13-5-12-8/h2-3,5H,4H2,1H3,(H2,11,12,13,14). The topological polar surface area (TPSA) is 70.7 Å². The average molecular weight is 222 g/mol. The Morgan fingerprint density at radius 1 is 1.53 bits per heavy atom. The highest BCUT2D eigenvalue weighted by Gasteiger charge is 1.98. The van der Waals surface area contributed by atoms with Crippen LogP contribution in [0.25, 0.3) is 0 Å². The van der Waals surface area contributed by atoms with E-state index in [0.29, 0.717) is 12.4 Å². The van der Waals surface area contributed by atoms with E-state index in [1.165, 1.54) is 12.4 Å². The molecule has 2 aromatic heterocycles. The van der Waals surface area contributed by atoms with E-state index >= 15 is 0 Å². The molecule has 2 heterocycles. The number of nitrogens with one attached hydrogen (secondary N) is 2. The van der Waals surface area contributed by atoms with Crippen molar-refractivity contribution in [3.8, 4) is 0 Å². The Labute approximate surface area is 90.2 Å². The summed E-state index contributed by atoms with van der Waals surface area (Å²) in [4.78, 5) is 22.7. The molecule has 0 bridgehead atoms. The van der Waals surface area contributed by atoms with Crippen LogP contribution in [0.3, 0.4) is 0 Å². The second-order valence-corrected chi connectivity index (χ2v) is 4.31. The minimum atomic E-state index is -0.159. The molecule has 2 N–H and O–H groups in total. The number of anilines is 1. The van der Waals surface area contributed by atoms with Gasteiger partial charge in [0, 0.05) is 17.1 Å². The molecule has 5 nitrogen and oxygen atoms in total. The molecule has 0 unspecified atom stereocenters. The molecule has 0 saturated carbocycles. The van der Waals surface area contributed by atoms with Gasteiger partial charge in [0.15, 0.2) is 0 Å². The second kappa shape index (κ2) is 4.22. The summed E-state index contributed by atoms with van der Waals surface area (Å²) in [6.07, 6.45) is 3.20. The molecule has 78 valence electrons. The fourth-order valence-corrected chi connectivity index (χ4v) is 1.86. The lowest BCUT2D eigenvalue weighted by Crippen LogP contribution is -2.08. The average Bonchev–Trinajstić information content (AvgIpc) is 2.62. The Balaban J connectivity index is 2.02. The van der Waals surface area contributed by atoms with Gasteiger partial charge in [-0.15, -0.1) is 11.3 Å². The van der Waals surface area contributed by atoms with Crippen LogP contribution >= 0.6 is 11.3 Å². The molecular weight excluding hydrogens is 212 g/mol. The van der Waals surface area contributed by atoms with E-state index in [1.54, 1.807) is 11.3 Å². The molecule has 0 saturated heterocycles. The minimum absolute atomic E-state index is 0.159. The Bertz CT molecular complexity index is 505. The number of hydrogen-bond acceptors (Lipinski definition) is 5.